The summed E-state index contributed by atoms with van der Waals surface area (Å²) in [6.45, 7) is 0. The lowest BCUT2D eigenvalue weighted by atomic mass is 10.0. The summed E-state index contributed by atoms with van der Waals surface area (Å²) in [5, 5.41) is 6.40. The van der Waals surface area contributed by atoms with E-state index in [1.54, 1.807) is 54.6 Å². The number of benzene rings is 3. The molecule has 1 amide bonds. The van der Waals surface area contributed by atoms with Crippen molar-refractivity contribution >= 4 is 39.9 Å². The van der Waals surface area contributed by atoms with E-state index in [1.807, 2.05) is 12.1 Å². The van der Waals surface area contributed by atoms with Crippen molar-refractivity contribution in [3.8, 4) is 28.4 Å². The van der Waals surface area contributed by atoms with Gasteiger partial charge in [0.25, 0.3) is 5.91 Å². The minimum Gasteiger partial charge on any atom is -0.496 e. The Kier molecular flexibility index (Phi) is 6.98. The molecule has 2 N–H and O–H groups in total. The second-order valence-electron chi connectivity index (χ2n) is 7.35. The molecule has 0 aliphatic carbocycles. The lowest BCUT2D eigenvalue weighted by Gasteiger charge is -2.16. The molecule has 0 saturated heterocycles. The van der Waals surface area contributed by atoms with Crippen LogP contribution in [0.25, 0.3) is 22.1 Å². The van der Waals surface area contributed by atoms with E-state index in [1.165, 1.54) is 21.3 Å². The first kappa shape index (κ1) is 23.8. The van der Waals surface area contributed by atoms with Crippen molar-refractivity contribution in [2.24, 2.45) is 0 Å². The van der Waals surface area contributed by atoms with Gasteiger partial charge in [-0.2, -0.15) is 0 Å². The topological polar surface area (TPSA) is 99.0 Å². The Hall–Kier alpha value is -4.37. The number of anilines is 1. The molecule has 3 aromatic carbocycles. The van der Waals surface area contributed by atoms with E-state index < -0.39 is 11.5 Å². The van der Waals surface area contributed by atoms with Crippen molar-refractivity contribution in [2.75, 3.05) is 26.6 Å². The minimum absolute atomic E-state index is 0.0176. The molecule has 0 fully saturated rings. The zero-order valence-electron chi connectivity index (χ0n) is 19.2. The first-order chi connectivity index (χ1) is 16.9. The van der Waals surface area contributed by atoms with Crippen LogP contribution in [-0.2, 0) is 0 Å². The Morgan fingerprint density at radius 1 is 0.857 bits per heavy atom. The average molecular weight is 491 g/mol. The molecule has 8 nitrogen and oxygen atoms in total. The molecular weight excluding hydrogens is 468 g/mol. The molecule has 0 radical (unpaired) electrons. The second-order valence-corrected chi connectivity index (χ2v) is 7.75. The number of hydrogen-bond donors (Lipinski definition) is 2. The van der Waals surface area contributed by atoms with Crippen molar-refractivity contribution < 1.29 is 23.4 Å². The Labute approximate surface area is 206 Å². The van der Waals surface area contributed by atoms with Gasteiger partial charge in [0.2, 0.25) is 0 Å². The van der Waals surface area contributed by atoms with Crippen LogP contribution in [0.2, 0.25) is 0 Å². The number of methoxy groups -OCH3 is 3. The first-order valence-electron chi connectivity index (χ1n) is 10.5. The van der Waals surface area contributed by atoms with Crippen LogP contribution in [0, 0.1) is 0 Å². The summed E-state index contributed by atoms with van der Waals surface area (Å²) in [6.07, 6.45) is 0. The monoisotopic (exact) mass is 490 g/mol. The van der Waals surface area contributed by atoms with Gasteiger partial charge in [-0.3, -0.25) is 10.1 Å². The molecule has 1 aromatic heterocycles. The molecule has 1 heterocycles. The van der Waals surface area contributed by atoms with Crippen LogP contribution in [0.5, 0.6) is 17.2 Å². The quantitative estimate of drug-likeness (QED) is 0.299. The van der Waals surface area contributed by atoms with Gasteiger partial charge in [-0.05, 0) is 54.2 Å². The fraction of sp³-hybridized carbons (Fsp3) is 0.115. The number of rotatable bonds is 6. The molecule has 178 valence electrons. The number of ether oxygens (including phenoxy) is 3. The summed E-state index contributed by atoms with van der Waals surface area (Å²) in [6, 6.07) is 19.2. The summed E-state index contributed by atoms with van der Waals surface area (Å²) in [5.74, 6) is 0.631. The molecule has 0 bridgehead atoms. The van der Waals surface area contributed by atoms with Crippen LogP contribution < -0.4 is 30.5 Å². The summed E-state index contributed by atoms with van der Waals surface area (Å²) >= 11 is 5.37. The molecule has 0 atom stereocenters. The van der Waals surface area contributed by atoms with E-state index in [-0.39, 0.29) is 10.7 Å². The van der Waals surface area contributed by atoms with Gasteiger partial charge in [-0.1, -0.05) is 30.3 Å². The number of carbonyl (C=O) groups is 1. The molecule has 0 spiro atoms. The van der Waals surface area contributed by atoms with E-state index in [0.717, 1.165) is 5.39 Å². The van der Waals surface area contributed by atoms with Gasteiger partial charge in [0, 0.05) is 5.39 Å². The number of amides is 1. The van der Waals surface area contributed by atoms with Gasteiger partial charge < -0.3 is 23.9 Å². The van der Waals surface area contributed by atoms with Crippen molar-refractivity contribution in [2.45, 2.75) is 0 Å². The summed E-state index contributed by atoms with van der Waals surface area (Å²) in [7, 11) is 4.43. The number of carbonyl (C=O) groups excluding carboxylic acids is 1. The largest absolute Gasteiger partial charge is 0.496 e. The van der Waals surface area contributed by atoms with Crippen LogP contribution in [0.4, 0.5) is 5.69 Å². The Morgan fingerprint density at radius 3 is 2.23 bits per heavy atom. The van der Waals surface area contributed by atoms with Crippen molar-refractivity contribution in [3.05, 3.63) is 82.7 Å². The zero-order valence-corrected chi connectivity index (χ0v) is 20.0. The summed E-state index contributed by atoms with van der Waals surface area (Å²) in [5.41, 5.74) is 1.66. The van der Waals surface area contributed by atoms with Gasteiger partial charge >= 0.3 is 5.63 Å². The van der Waals surface area contributed by atoms with E-state index in [9.17, 15) is 9.59 Å². The Morgan fingerprint density at radius 2 is 1.54 bits per heavy atom. The van der Waals surface area contributed by atoms with Gasteiger partial charge in [-0.15, -0.1) is 0 Å². The molecule has 0 aliphatic rings. The third kappa shape index (κ3) is 4.95. The smallest absolute Gasteiger partial charge is 0.344 e. The molecule has 0 saturated carbocycles. The highest BCUT2D eigenvalue weighted by Crippen LogP contribution is 2.31. The highest BCUT2D eigenvalue weighted by atomic mass is 32.1. The van der Waals surface area contributed by atoms with E-state index in [4.69, 9.17) is 30.8 Å². The first-order valence-corrected chi connectivity index (χ1v) is 10.9. The summed E-state index contributed by atoms with van der Waals surface area (Å²) < 4.78 is 21.5. The predicted molar refractivity (Wildman–Crippen MR) is 138 cm³/mol. The standard InChI is InChI=1S/C26H22N2O6S/c1-31-20-12-11-15(17-13-16-7-4-5-8-19(16)34-25(17)30)14-18(20)27-26(35)28-24(29)23-21(32-2)9-6-10-22(23)33-3/h4-14H,1-3H3,(H2,27,28,29,35). The molecule has 4 aromatic rings. The predicted octanol–water partition coefficient (Wildman–Crippen LogP) is 4.61. The van der Waals surface area contributed by atoms with Crippen molar-refractivity contribution in [1.82, 2.24) is 5.32 Å². The average Bonchev–Trinajstić information content (AvgIpc) is 2.87. The van der Waals surface area contributed by atoms with Gasteiger partial charge in [0.15, 0.2) is 5.11 Å². The van der Waals surface area contributed by atoms with Crippen LogP contribution in [0.3, 0.4) is 0 Å². The number of thiocarbonyl (C=S) groups is 1. The third-order valence-electron chi connectivity index (χ3n) is 5.28. The molecular formula is C26H22N2O6S. The van der Waals surface area contributed by atoms with E-state index in [2.05, 4.69) is 10.6 Å². The normalized spacial score (nSPS) is 10.5. The van der Waals surface area contributed by atoms with Crippen molar-refractivity contribution in [3.63, 3.8) is 0 Å². The maximum absolute atomic E-state index is 12.9. The summed E-state index contributed by atoms with van der Waals surface area (Å²) in [4.78, 5) is 25.6. The molecule has 0 unspecified atom stereocenters. The molecule has 0 aliphatic heterocycles. The fourth-order valence-corrected chi connectivity index (χ4v) is 3.83. The van der Waals surface area contributed by atoms with E-state index in [0.29, 0.717) is 39.6 Å². The minimum atomic E-state index is -0.512. The number of para-hydroxylation sites is 1. The molecule has 9 heteroatoms. The van der Waals surface area contributed by atoms with Crippen LogP contribution >= 0.6 is 12.2 Å². The molecule has 35 heavy (non-hydrogen) atoms. The zero-order chi connectivity index (χ0) is 24.9. The Bertz CT molecular complexity index is 1460. The third-order valence-corrected chi connectivity index (χ3v) is 5.49. The fourth-order valence-electron chi connectivity index (χ4n) is 3.63. The lowest BCUT2D eigenvalue weighted by Crippen LogP contribution is -2.34. The number of nitrogens with one attached hydrogen (secondary N) is 2. The Balaban J connectivity index is 1.62. The second kappa shape index (κ2) is 10.3. The number of fused-ring (bicyclic) bond motifs is 1. The van der Waals surface area contributed by atoms with E-state index >= 15 is 0 Å². The van der Waals surface area contributed by atoms with Gasteiger partial charge in [0.05, 0.1) is 32.6 Å². The number of hydrogen-bond acceptors (Lipinski definition) is 7. The molecule has 4 rings (SSSR count). The highest BCUT2D eigenvalue weighted by molar-refractivity contribution is 7.80. The SMILES string of the molecule is COc1ccc(-c2cc3ccccc3oc2=O)cc1NC(=S)NC(=O)c1c(OC)cccc1OC. The highest BCUT2D eigenvalue weighted by Gasteiger charge is 2.20. The van der Waals surface area contributed by atoms with Crippen LogP contribution in [-0.4, -0.2) is 32.3 Å². The van der Waals surface area contributed by atoms with Gasteiger partial charge in [-0.25, -0.2) is 4.79 Å². The lowest BCUT2D eigenvalue weighted by molar-refractivity contribution is 0.0971. The maximum Gasteiger partial charge on any atom is 0.344 e. The maximum atomic E-state index is 12.9. The van der Waals surface area contributed by atoms with Crippen LogP contribution in [0.1, 0.15) is 10.4 Å². The van der Waals surface area contributed by atoms with Crippen molar-refractivity contribution in [1.29, 1.82) is 0 Å². The van der Waals surface area contributed by atoms with Crippen LogP contribution in [0.15, 0.2) is 75.9 Å². The van der Waals surface area contributed by atoms with Gasteiger partial charge in [0.1, 0.15) is 28.4 Å².